The Morgan fingerprint density at radius 3 is 1.76 bits per heavy atom. The summed E-state index contributed by atoms with van der Waals surface area (Å²) in [4.78, 5) is 56.6. The summed E-state index contributed by atoms with van der Waals surface area (Å²) in [6.45, 7) is 16.5. The predicted molar refractivity (Wildman–Crippen MR) is 283 cm³/mol. The van der Waals surface area contributed by atoms with Crippen LogP contribution in [0, 0.1) is 0 Å². The van der Waals surface area contributed by atoms with E-state index < -0.39 is 8.07 Å². The van der Waals surface area contributed by atoms with Crippen molar-refractivity contribution in [3.05, 3.63) is 119 Å². The summed E-state index contributed by atoms with van der Waals surface area (Å²) in [7, 11) is 2.67. The number of aromatic nitrogens is 14. The topological polar surface area (TPSA) is 211 Å². The van der Waals surface area contributed by atoms with Crippen LogP contribution < -0.4 is 10.6 Å². The number of ether oxygens (including phenoxy) is 1. The van der Waals surface area contributed by atoms with E-state index in [2.05, 4.69) is 50.2 Å². The molecular formula is C50H56Cl2N16O3Si. The van der Waals surface area contributed by atoms with E-state index in [9.17, 15) is 9.59 Å². The van der Waals surface area contributed by atoms with Gasteiger partial charge < -0.3 is 34.1 Å². The number of H-pyrrole nitrogens is 1. The molecule has 22 heteroatoms. The number of carbonyl (C=O) groups is 2. The first-order chi connectivity index (χ1) is 34.4. The molecule has 3 N–H and O–H groups in total. The number of hydrogen-bond acceptors (Lipinski definition) is 11. The number of carbonyl (C=O) groups excluding carboxylic acids is 2. The Bertz CT molecular complexity index is 3610. The Hall–Kier alpha value is -7.26. The van der Waals surface area contributed by atoms with Crippen LogP contribution in [-0.2, 0) is 38.7 Å². The van der Waals surface area contributed by atoms with E-state index in [1.807, 2.05) is 114 Å². The zero-order valence-corrected chi connectivity index (χ0v) is 44.1. The number of fused-ring (bicyclic) bond motifs is 4. The van der Waals surface area contributed by atoms with E-state index in [4.69, 9.17) is 53.1 Å². The second-order valence-electron chi connectivity index (χ2n) is 19.4. The summed E-state index contributed by atoms with van der Waals surface area (Å²) in [6, 6.07) is 12.3. The van der Waals surface area contributed by atoms with Crippen LogP contribution in [0.3, 0.4) is 0 Å². The average Bonchev–Trinajstić information content (AvgIpc) is 4.20. The number of hydrogen-bond donors (Lipinski definition) is 3. The van der Waals surface area contributed by atoms with Crippen molar-refractivity contribution in [1.29, 1.82) is 0 Å². The van der Waals surface area contributed by atoms with E-state index in [0.29, 0.717) is 92.7 Å². The molecule has 0 unspecified atom stereocenters. The minimum Gasteiger partial charge on any atom is -0.361 e. The van der Waals surface area contributed by atoms with Crippen molar-refractivity contribution >= 4 is 87.2 Å². The highest BCUT2D eigenvalue weighted by Gasteiger charge is 2.24. The molecule has 2 amide bonds. The number of benzene rings is 2. The average molecular weight is 1030 g/mol. The molecule has 10 rings (SSSR count). The van der Waals surface area contributed by atoms with Gasteiger partial charge in [-0.3, -0.25) is 19.0 Å². The number of halogens is 2. The molecule has 0 aliphatic heterocycles. The van der Waals surface area contributed by atoms with Gasteiger partial charge in [0.2, 0.25) is 0 Å². The number of amides is 2. The Balaban J connectivity index is 0.000000182. The zero-order chi connectivity index (χ0) is 51.0. The van der Waals surface area contributed by atoms with E-state index in [0.717, 1.165) is 39.5 Å². The molecule has 0 atom stereocenters. The molecule has 8 heterocycles. The molecule has 19 nitrogen and oxygen atoms in total. The third-order valence-corrected chi connectivity index (χ3v) is 14.0. The van der Waals surface area contributed by atoms with E-state index >= 15 is 0 Å². The molecule has 0 aliphatic carbocycles. The molecule has 0 aliphatic rings. The Kier molecular flexibility index (Phi) is 14.1. The smallest absolute Gasteiger partial charge is 0.255 e. The number of imidazole rings is 2. The maximum Gasteiger partial charge on any atom is 0.255 e. The highest BCUT2D eigenvalue weighted by Crippen LogP contribution is 2.33. The highest BCUT2D eigenvalue weighted by atomic mass is 35.5. The molecular weight excluding hydrogens is 972 g/mol. The molecule has 0 saturated carbocycles. The summed E-state index contributed by atoms with van der Waals surface area (Å²) >= 11 is 12.6. The summed E-state index contributed by atoms with van der Waals surface area (Å²) in [5.41, 5.74) is 7.22. The molecule has 8 aromatic heterocycles. The Labute approximate surface area is 426 Å². The van der Waals surface area contributed by atoms with Crippen molar-refractivity contribution in [3.8, 4) is 22.8 Å². The fraction of sp³-hybridized carbons (Fsp3) is 0.320. The minimum atomic E-state index is -1.22. The number of aromatic amines is 1. The van der Waals surface area contributed by atoms with Crippen molar-refractivity contribution in [2.24, 2.45) is 14.1 Å². The van der Waals surface area contributed by atoms with E-state index in [1.54, 1.807) is 37.2 Å². The van der Waals surface area contributed by atoms with Gasteiger partial charge in [-0.2, -0.15) is 10.2 Å². The lowest BCUT2D eigenvalue weighted by Gasteiger charge is -2.15. The van der Waals surface area contributed by atoms with Gasteiger partial charge in [0.25, 0.3) is 11.8 Å². The van der Waals surface area contributed by atoms with Crippen LogP contribution in [0.15, 0.2) is 86.0 Å². The first kappa shape index (κ1) is 49.7. The van der Waals surface area contributed by atoms with Crippen LogP contribution in [0.1, 0.15) is 60.1 Å². The van der Waals surface area contributed by atoms with Crippen LogP contribution in [-0.4, -0.2) is 107 Å². The van der Waals surface area contributed by atoms with Gasteiger partial charge in [-0.05, 0) is 70.1 Å². The maximum absolute atomic E-state index is 13.2. The summed E-state index contributed by atoms with van der Waals surface area (Å²) in [6.07, 6.45) is 14.1. The number of aryl methyl sites for hydroxylation is 2. The molecule has 0 saturated heterocycles. The molecule has 0 spiro atoms. The third-order valence-electron chi connectivity index (χ3n) is 11.8. The molecule has 10 aromatic rings. The number of nitrogens with one attached hydrogen (secondary N) is 3. The van der Waals surface area contributed by atoms with Crippen LogP contribution >= 0.6 is 23.2 Å². The minimum absolute atomic E-state index is 0.0131. The molecule has 372 valence electrons. The number of rotatable bonds is 15. The monoisotopic (exact) mass is 1030 g/mol. The van der Waals surface area contributed by atoms with Crippen molar-refractivity contribution in [2.45, 2.75) is 85.3 Å². The van der Waals surface area contributed by atoms with Crippen molar-refractivity contribution in [1.82, 2.24) is 78.8 Å². The Morgan fingerprint density at radius 2 is 1.25 bits per heavy atom. The van der Waals surface area contributed by atoms with Crippen molar-refractivity contribution in [2.75, 3.05) is 6.61 Å². The van der Waals surface area contributed by atoms with Gasteiger partial charge in [-0.25, -0.2) is 29.9 Å². The normalized spacial score (nSPS) is 12.0. The lowest BCUT2D eigenvalue weighted by molar-refractivity contribution is 0.0890. The quantitative estimate of drug-likeness (QED) is 0.0652. The maximum atomic E-state index is 13.2. The van der Waals surface area contributed by atoms with Gasteiger partial charge >= 0.3 is 0 Å². The van der Waals surface area contributed by atoms with E-state index in [1.165, 1.54) is 0 Å². The summed E-state index contributed by atoms with van der Waals surface area (Å²) in [5, 5.41) is 18.6. The van der Waals surface area contributed by atoms with Gasteiger partial charge in [0.1, 0.15) is 52.2 Å². The molecule has 0 radical (unpaired) electrons. The molecule has 0 bridgehead atoms. The van der Waals surface area contributed by atoms with Gasteiger partial charge in [0.05, 0.1) is 47.6 Å². The second kappa shape index (κ2) is 20.5. The van der Waals surface area contributed by atoms with Gasteiger partial charge in [0.15, 0.2) is 11.3 Å². The SMILES string of the molecule is CC(C)NC(=O)c1c[nH]c2ncc(-c3nn(Cc4nccn4C)c4cc(Cl)ccc34)nc12.CC(C)NC(=O)c1cn(COCC[Si](C)(C)C)c2ncc(-c3nn(Cc4nccn4C)c4cc(Cl)ccc34)nc12. The van der Waals surface area contributed by atoms with Crippen LogP contribution in [0.4, 0.5) is 0 Å². The highest BCUT2D eigenvalue weighted by molar-refractivity contribution is 6.76. The second-order valence-corrected chi connectivity index (χ2v) is 25.9. The zero-order valence-electron chi connectivity index (χ0n) is 41.6. The molecule has 0 fully saturated rings. The first-order valence-electron chi connectivity index (χ1n) is 23.6. The van der Waals surface area contributed by atoms with Gasteiger partial charge in [-0.1, -0.05) is 42.8 Å². The van der Waals surface area contributed by atoms with Crippen molar-refractivity contribution in [3.63, 3.8) is 0 Å². The van der Waals surface area contributed by atoms with Crippen LogP contribution in [0.5, 0.6) is 0 Å². The summed E-state index contributed by atoms with van der Waals surface area (Å²) in [5.74, 6) is 1.32. The fourth-order valence-electron chi connectivity index (χ4n) is 8.11. The Morgan fingerprint density at radius 1 is 0.722 bits per heavy atom. The fourth-order valence-corrected chi connectivity index (χ4v) is 9.20. The number of nitrogens with zero attached hydrogens (tertiary/aromatic N) is 13. The van der Waals surface area contributed by atoms with Crippen LogP contribution in [0.25, 0.3) is 66.9 Å². The predicted octanol–water partition coefficient (Wildman–Crippen LogP) is 8.88. The lowest BCUT2D eigenvalue weighted by Crippen LogP contribution is -2.30. The largest absolute Gasteiger partial charge is 0.361 e. The molecule has 72 heavy (non-hydrogen) atoms. The van der Waals surface area contributed by atoms with E-state index in [-0.39, 0.29) is 23.9 Å². The first-order valence-corrected chi connectivity index (χ1v) is 28.0. The van der Waals surface area contributed by atoms with Crippen LogP contribution in [0.2, 0.25) is 35.7 Å². The third kappa shape index (κ3) is 10.7. The summed E-state index contributed by atoms with van der Waals surface area (Å²) < 4.78 is 15.5. The van der Waals surface area contributed by atoms with Gasteiger partial charge in [0, 0.05) is 98.9 Å². The van der Waals surface area contributed by atoms with Gasteiger partial charge in [-0.15, -0.1) is 0 Å². The lowest BCUT2D eigenvalue weighted by atomic mass is 10.1. The van der Waals surface area contributed by atoms with Crippen molar-refractivity contribution < 1.29 is 14.3 Å². The molecule has 2 aromatic carbocycles. The standard InChI is InChI=1S/C28H35ClN8O2Si.C22H21ClN8O/c1-18(2)32-28(38)21-15-36(17-39-11-12-40(4,5)6)27-26(21)33-22(14-31-27)25-20-8-7-19(29)13-23(20)37(34-25)16-24-30-9-10-35(24)3;1-12(2)27-22(32)15-9-25-21-20(15)28-16(10-26-21)19-14-5-4-13(23)8-17(14)31(29-19)11-18-24-6-7-30(18)3/h7-10,13-15,18H,11-12,16-17H2,1-6H3,(H,32,38);4-10,12H,11H2,1-3H3,(H,25,26)(H,27,32).